The molecule has 5 nitrogen and oxygen atoms in total. The van der Waals surface area contributed by atoms with Crippen LogP contribution < -0.4 is 15.0 Å². The normalized spacial score (nSPS) is 13.0. The molecule has 0 atom stereocenters. The Hall–Kier alpha value is -2.82. The first-order valence-electron chi connectivity index (χ1n) is 7.94. The maximum atomic E-state index is 12.3. The molecule has 2 aromatic carbocycles. The summed E-state index contributed by atoms with van der Waals surface area (Å²) in [6, 6.07) is 13.2. The molecular formula is C19H20N2O3. The summed E-state index contributed by atoms with van der Waals surface area (Å²) in [5.41, 5.74) is 3.51. The summed E-state index contributed by atoms with van der Waals surface area (Å²) in [6.45, 7) is 4.52. The van der Waals surface area contributed by atoms with Gasteiger partial charge in [-0.1, -0.05) is 24.3 Å². The van der Waals surface area contributed by atoms with Crippen LogP contribution in [0.15, 0.2) is 42.5 Å². The maximum absolute atomic E-state index is 12.3. The van der Waals surface area contributed by atoms with Crippen molar-refractivity contribution < 1.29 is 14.3 Å². The molecule has 0 fully saturated rings. The standard InChI is InChI=1S/C19H20N2O3/c1-13-5-3-4-6-15(13)11-19(23)20-16-7-8-17-18(12-16)24-10-9-21(17)14(2)22/h3-8,12H,9-11H2,1-2H3,(H,20,23). The fraction of sp³-hybridized carbons (Fsp3) is 0.263. The predicted molar refractivity (Wildman–Crippen MR) is 93.5 cm³/mol. The van der Waals surface area contributed by atoms with E-state index in [4.69, 9.17) is 4.74 Å². The number of nitrogens with zero attached hydrogens (tertiary/aromatic N) is 1. The highest BCUT2D eigenvalue weighted by Gasteiger charge is 2.21. The van der Waals surface area contributed by atoms with Crippen molar-refractivity contribution in [2.75, 3.05) is 23.4 Å². The number of ether oxygens (including phenoxy) is 1. The number of carbonyl (C=O) groups excluding carboxylic acids is 2. The topological polar surface area (TPSA) is 58.6 Å². The second-order valence-electron chi connectivity index (χ2n) is 5.85. The minimum absolute atomic E-state index is 0.0177. The molecule has 1 aliphatic heterocycles. The van der Waals surface area contributed by atoms with E-state index in [1.807, 2.05) is 31.2 Å². The highest BCUT2D eigenvalue weighted by molar-refractivity contribution is 5.96. The molecule has 0 aliphatic carbocycles. The smallest absolute Gasteiger partial charge is 0.228 e. The average Bonchev–Trinajstić information content (AvgIpc) is 2.56. The van der Waals surface area contributed by atoms with Gasteiger partial charge in [0.2, 0.25) is 11.8 Å². The van der Waals surface area contributed by atoms with Crippen molar-refractivity contribution in [1.29, 1.82) is 0 Å². The van der Waals surface area contributed by atoms with Gasteiger partial charge in [0, 0.05) is 18.7 Å². The van der Waals surface area contributed by atoms with Crippen molar-refractivity contribution in [2.24, 2.45) is 0 Å². The summed E-state index contributed by atoms with van der Waals surface area (Å²) in [6.07, 6.45) is 0.324. The lowest BCUT2D eigenvalue weighted by atomic mass is 10.1. The third-order valence-corrected chi connectivity index (χ3v) is 4.10. The number of fused-ring (bicyclic) bond motifs is 1. The number of rotatable bonds is 3. The van der Waals surface area contributed by atoms with E-state index in [2.05, 4.69) is 5.32 Å². The first-order valence-corrected chi connectivity index (χ1v) is 7.94. The summed E-state index contributed by atoms with van der Waals surface area (Å²) >= 11 is 0. The van der Waals surface area contributed by atoms with Crippen LogP contribution in [-0.2, 0) is 16.0 Å². The van der Waals surface area contributed by atoms with Gasteiger partial charge in [-0.15, -0.1) is 0 Å². The van der Waals surface area contributed by atoms with Crippen LogP contribution in [0.3, 0.4) is 0 Å². The minimum atomic E-state index is -0.0801. The number of hydrogen-bond donors (Lipinski definition) is 1. The Labute approximate surface area is 141 Å². The van der Waals surface area contributed by atoms with E-state index in [1.165, 1.54) is 6.92 Å². The van der Waals surface area contributed by atoms with Gasteiger partial charge in [-0.2, -0.15) is 0 Å². The van der Waals surface area contributed by atoms with Crippen molar-refractivity contribution in [3.8, 4) is 5.75 Å². The molecule has 5 heteroatoms. The quantitative estimate of drug-likeness (QED) is 0.944. The van der Waals surface area contributed by atoms with Gasteiger partial charge in [-0.3, -0.25) is 9.59 Å². The third-order valence-electron chi connectivity index (χ3n) is 4.10. The van der Waals surface area contributed by atoms with Crippen molar-refractivity contribution in [2.45, 2.75) is 20.3 Å². The number of carbonyl (C=O) groups is 2. The number of anilines is 2. The molecule has 1 aliphatic rings. The summed E-state index contributed by atoms with van der Waals surface area (Å²) in [5.74, 6) is 0.518. The fourth-order valence-electron chi connectivity index (χ4n) is 2.81. The van der Waals surface area contributed by atoms with Gasteiger partial charge in [0.15, 0.2) is 0 Å². The Morgan fingerprint density at radius 1 is 1.21 bits per heavy atom. The largest absolute Gasteiger partial charge is 0.489 e. The van der Waals surface area contributed by atoms with E-state index in [1.54, 1.807) is 23.1 Å². The van der Waals surface area contributed by atoms with Crippen LogP contribution in [0.25, 0.3) is 0 Å². The van der Waals surface area contributed by atoms with Crippen LogP contribution >= 0.6 is 0 Å². The van der Waals surface area contributed by atoms with Gasteiger partial charge in [-0.05, 0) is 30.2 Å². The third kappa shape index (κ3) is 3.40. The highest BCUT2D eigenvalue weighted by atomic mass is 16.5. The van der Waals surface area contributed by atoms with Crippen LogP contribution in [0.2, 0.25) is 0 Å². The zero-order chi connectivity index (χ0) is 17.1. The second-order valence-corrected chi connectivity index (χ2v) is 5.85. The summed E-state index contributed by atoms with van der Waals surface area (Å²) in [4.78, 5) is 25.6. The predicted octanol–water partition coefficient (Wildman–Crippen LogP) is 2.92. The van der Waals surface area contributed by atoms with E-state index in [-0.39, 0.29) is 11.8 Å². The number of amides is 2. The molecule has 0 saturated heterocycles. The number of aryl methyl sites for hydroxylation is 1. The molecule has 0 spiro atoms. The molecule has 3 rings (SSSR count). The monoisotopic (exact) mass is 324 g/mol. The van der Waals surface area contributed by atoms with E-state index < -0.39 is 0 Å². The first kappa shape index (κ1) is 16.1. The van der Waals surface area contributed by atoms with Gasteiger partial charge in [0.1, 0.15) is 12.4 Å². The Morgan fingerprint density at radius 3 is 2.75 bits per heavy atom. The molecule has 0 radical (unpaired) electrons. The zero-order valence-electron chi connectivity index (χ0n) is 13.8. The Morgan fingerprint density at radius 2 is 2.00 bits per heavy atom. The molecule has 0 saturated carbocycles. The van der Waals surface area contributed by atoms with Crippen LogP contribution in [0.4, 0.5) is 11.4 Å². The molecule has 1 heterocycles. The Bertz CT molecular complexity index is 786. The van der Waals surface area contributed by atoms with Crippen molar-refractivity contribution in [1.82, 2.24) is 0 Å². The summed E-state index contributed by atoms with van der Waals surface area (Å²) in [5, 5.41) is 2.89. The van der Waals surface area contributed by atoms with E-state index in [9.17, 15) is 9.59 Å². The minimum Gasteiger partial charge on any atom is -0.489 e. The van der Waals surface area contributed by atoms with E-state index in [0.717, 1.165) is 16.8 Å². The first-order chi connectivity index (χ1) is 11.5. The zero-order valence-corrected chi connectivity index (χ0v) is 13.8. The number of benzene rings is 2. The number of hydrogen-bond acceptors (Lipinski definition) is 3. The Kier molecular flexibility index (Phi) is 4.51. The van der Waals surface area contributed by atoms with Gasteiger partial charge in [-0.25, -0.2) is 0 Å². The molecule has 1 N–H and O–H groups in total. The van der Waals surface area contributed by atoms with Gasteiger partial charge in [0.25, 0.3) is 0 Å². The fourth-order valence-corrected chi connectivity index (χ4v) is 2.81. The molecule has 0 aromatic heterocycles. The summed E-state index contributed by atoms with van der Waals surface area (Å²) < 4.78 is 5.62. The molecule has 2 amide bonds. The van der Waals surface area contributed by atoms with Crippen molar-refractivity contribution in [3.05, 3.63) is 53.6 Å². The molecule has 24 heavy (non-hydrogen) atoms. The molecule has 124 valence electrons. The second kappa shape index (κ2) is 6.74. The molecule has 0 unspecified atom stereocenters. The van der Waals surface area contributed by atoms with Gasteiger partial charge < -0.3 is 15.0 Å². The lowest BCUT2D eigenvalue weighted by molar-refractivity contribution is -0.117. The van der Waals surface area contributed by atoms with Crippen molar-refractivity contribution >= 4 is 23.2 Å². The van der Waals surface area contributed by atoms with E-state index >= 15 is 0 Å². The van der Waals surface area contributed by atoms with Crippen LogP contribution in [0.1, 0.15) is 18.1 Å². The van der Waals surface area contributed by atoms with Crippen molar-refractivity contribution in [3.63, 3.8) is 0 Å². The van der Waals surface area contributed by atoms with Gasteiger partial charge >= 0.3 is 0 Å². The average molecular weight is 324 g/mol. The number of nitrogens with one attached hydrogen (secondary N) is 1. The molecular weight excluding hydrogens is 304 g/mol. The maximum Gasteiger partial charge on any atom is 0.228 e. The molecule has 2 aromatic rings. The van der Waals surface area contributed by atoms with E-state index in [0.29, 0.717) is 31.0 Å². The molecule has 0 bridgehead atoms. The highest BCUT2D eigenvalue weighted by Crippen LogP contribution is 2.34. The van der Waals surface area contributed by atoms with Crippen LogP contribution in [0.5, 0.6) is 5.75 Å². The lowest BCUT2D eigenvalue weighted by Gasteiger charge is -2.29. The van der Waals surface area contributed by atoms with Crippen LogP contribution in [-0.4, -0.2) is 25.0 Å². The van der Waals surface area contributed by atoms with Gasteiger partial charge in [0.05, 0.1) is 18.7 Å². The lowest BCUT2D eigenvalue weighted by Crippen LogP contribution is -2.36. The Balaban J connectivity index is 1.73. The van der Waals surface area contributed by atoms with Crippen LogP contribution in [0, 0.1) is 6.92 Å². The SMILES string of the molecule is CC(=O)N1CCOc2cc(NC(=O)Cc3ccccc3C)ccc21. The summed E-state index contributed by atoms with van der Waals surface area (Å²) in [7, 11) is 0.